The molecule has 2 aromatic rings. The van der Waals surface area contributed by atoms with Crippen molar-refractivity contribution >= 4 is 39.2 Å². The summed E-state index contributed by atoms with van der Waals surface area (Å²) in [6.45, 7) is 3.50. The summed E-state index contributed by atoms with van der Waals surface area (Å²) in [7, 11) is 0. The molecular formula is C18H23N3O2S2. The number of hydrogen-bond acceptors (Lipinski definition) is 5. The summed E-state index contributed by atoms with van der Waals surface area (Å²) < 4.78 is 1.77. The predicted octanol–water partition coefficient (Wildman–Crippen LogP) is 2.98. The van der Waals surface area contributed by atoms with Crippen LogP contribution in [0.4, 0.5) is 0 Å². The molecule has 2 heterocycles. The maximum absolute atomic E-state index is 13.0. The number of amides is 1. The lowest BCUT2D eigenvalue weighted by Gasteiger charge is -2.11. The second-order valence-corrected chi connectivity index (χ2v) is 8.95. The smallest absolute Gasteiger partial charge is 0.263 e. The number of carbonyl (C=O) groups excluding carboxylic acids is 1. The molecule has 134 valence electrons. The summed E-state index contributed by atoms with van der Waals surface area (Å²) >= 11 is 3.04. The Kier molecular flexibility index (Phi) is 4.86. The van der Waals surface area contributed by atoms with E-state index >= 15 is 0 Å². The van der Waals surface area contributed by atoms with Gasteiger partial charge in [0.15, 0.2) is 5.16 Å². The number of aromatic nitrogens is 2. The van der Waals surface area contributed by atoms with Crippen LogP contribution in [0.5, 0.6) is 0 Å². The van der Waals surface area contributed by atoms with Gasteiger partial charge in [-0.05, 0) is 50.0 Å². The molecule has 0 atom stereocenters. The zero-order valence-electron chi connectivity index (χ0n) is 14.5. The number of rotatable bonds is 7. The number of aryl methyl sites for hydroxylation is 2. The van der Waals surface area contributed by atoms with E-state index in [0.717, 1.165) is 42.4 Å². The Labute approximate surface area is 155 Å². The van der Waals surface area contributed by atoms with Crippen LogP contribution in [-0.4, -0.2) is 27.8 Å². The first kappa shape index (κ1) is 17.1. The third-order valence-corrected chi connectivity index (χ3v) is 7.02. The van der Waals surface area contributed by atoms with Crippen LogP contribution in [0, 0.1) is 5.92 Å². The molecule has 1 amide bonds. The second kappa shape index (κ2) is 7.11. The fourth-order valence-corrected chi connectivity index (χ4v) is 5.51. The lowest BCUT2D eigenvalue weighted by molar-refractivity contribution is -0.118. The summed E-state index contributed by atoms with van der Waals surface area (Å²) in [4.78, 5) is 32.0. The van der Waals surface area contributed by atoms with Gasteiger partial charge in [-0.1, -0.05) is 18.7 Å². The number of carbonyl (C=O) groups is 1. The van der Waals surface area contributed by atoms with Gasteiger partial charge in [0.05, 0.1) is 11.1 Å². The third kappa shape index (κ3) is 3.49. The van der Waals surface area contributed by atoms with Crippen molar-refractivity contribution in [3.8, 4) is 0 Å². The minimum atomic E-state index is 0.0305. The van der Waals surface area contributed by atoms with Crippen molar-refractivity contribution < 1.29 is 4.79 Å². The zero-order valence-corrected chi connectivity index (χ0v) is 16.1. The molecule has 0 spiro atoms. The van der Waals surface area contributed by atoms with Crippen LogP contribution in [0.3, 0.4) is 0 Å². The van der Waals surface area contributed by atoms with Crippen molar-refractivity contribution in [3.63, 3.8) is 0 Å². The normalized spacial score (nSPS) is 16.4. The van der Waals surface area contributed by atoms with Gasteiger partial charge >= 0.3 is 0 Å². The number of nitrogens with zero attached hydrogens (tertiary/aromatic N) is 2. The molecule has 5 nitrogen and oxygen atoms in total. The van der Waals surface area contributed by atoms with Gasteiger partial charge in [0.25, 0.3) is 5.56 Å². The molecule has 2 aliphatic rings. The Hall–Kier alpha value is -1.34. The first-order valence-corrected chi connectivity index (χ1v) is 10.9. The van der Waals surface area contributed by atoms with E-state index in [2.05, 4.69) is 12.2 Å². The molecule has 0 unspecified atom stereocenters. The van der Waals surface area contributed by atoms with Crippen molar-refractivity contribution in [2.75, 3.05) is 12.3 Å². The Balaban J connectivity index is 1.59. The molecule has 25 heavy (non-hydrogen) atoms. The number of fused-ring (bicyclic) bond motifs is 3. The lowest BCUT2D eigenvalue weighted by Crippen LogP contribution is -2.28. The summed E-state index contributed by atoms with van der Waals surface area (Å²) in [5, 5.41) is 4.49. The van der Waals surface area contributed by atoms with Crippen LogP contribution in [0.1, 0.15) is 43.0 Å². The van der Waals surface area contributed by atoms with E-state index in [1.807, 2.05) is 0 Å². The van der Waals surface area contributed by atoms with Gasteiger partial charge in [-0.3, -0.25) is 14.2 Å². The van der Waals surface area contributed by atoms with E-state index in [-0.39, 0.29) is 11.5 Å². The fraction of sp³-hybridized carbons (Fsp3) is 0.611. The average molecular weight is 378 g/mol. The van der Waals surface area contributed by atoms with Crippen LogP contribution in [0.25, 0.3) is 10.2 Å². The van der Waals surface area contributed by atoms with Crippen molar-refractivity contribution in [1.82, 2.24) is 14.9 Å². The molecular weight excluding hydrogens is 354 g/mol. The van der Waals surface area contributed by atoms with Crippen molar-refractivity contribution in [2.24, 2.45) is 5.92 Å². The van der Waals surface area contributed by atoms with Crippen molar-refractivity contribution in [1.29, 1.82) is 0 Å². The van der Waals surface area contributed by atoms with E-state index in [1.54, 1.807) is 15.9 Å². The Bertz CT molecular complexity index is 867. The molecule has 0 saturated heterocycles. The number of thiophene rings is 1. The molecule has 7 heteroatoms. The van der Waals surface area contributed by atoms with Gasteiger partial charge in [0.1, 0.15) is 4.83 Å². The minimum Gasteiger partial charge on any atom is -0.355 e. The molecule has 4 rings (SSSR count). The van der Waals surface area contributed by atoms with Crippen LogP contribution in [-0.2, 0) is 24.2 Å². The van der Waals surface area contributed by atoms with Gasteiger partial charge in [0.2, 0.25) is 5.91 Å². The van der Waals surface area contributed by atoms with E-state index in [0.29, 0.717) is 23.4 Å². The van der Waals surface area contributed by atoms with Crippen LogP contribution >= 0.6 is 23.1 Å². The van der Waals surface area contributed by atoms with Gasteiger partial charge in [-0.2, -0.15) is 0 Å². The molecule has 0 aromatic carbocycles. The maximum atomic E-state index is 13.0. The van der Waals surface area contributed by atoms with E-state index in [1.165, 1.54) is 35.0 Å². The fourth-order valence-electron chi connectivity index (χ4n) is 3.35. The zero-order chi connectivity index (χ0) is 17.4. The monoisotopic (exact) mass is 377 g/mol. The van der Waals surface area contributed by atoms with Gasteiger partial charge < -0.3 is 5.32 Å². The summed E-state index contributed by atoms with van der Waals surface area (Å²) in [6.07, 6.45) is 6.53. The molecule has 0 radical (unpaired) electrons. The Morgan fingerprint density at radius 1 is 1.40 bits per heavy atom. The van der Waals surface area contributed by atoms with Crippen LogP contribution in [0.2, 0.25) is 0 Å². The highest BCUT2D eigenvalue weighted by Gasteiger charge is 2.24. The summed E-state index contributed by atoms with van der Waals surface area (Å²) in [6, 6.07) is 0. The second-order valence-electron chi connectivity index (χ2n) is 6.92. The molecule has 1 N–H and O–H groups in total. The van der Waals surface area contributed by atoms with Crippen molar-refractivity contribution in [2.45, 2.75) is 57.1 Å². The topological polar surface area (TPSA) is 64.0 Å². The van der Waals surface area contributed by atoms with Gasteiger partial charge in [0, 0.05) is 18.0 Å². The minimum absolute atomic E-state index is 0.0305. The van der Waals surface area contributed by atoms with Crippen molar-refractivity contribution in [3.05, 3.63) is 20.8 Å². The Morgan fingerprint density at radius 3 is 3.00 bits per heavy atom. The Morgan fingerprint density at radius 2 is 2.24 bits per heavy atom. The van der Waals surface area contributed by atoms with Crippen LogP contribution in [0.15, 0.2) is 9.95 Å². The van der Waals surface area contributed by atoms with Gasteiger partial charge in [-0.15, -0.1) is 11.3 Å². The average Bonchev–Trinajstić information content (AvgIpc) is 3.21. The molecule has 0 bridgehead atoms. The number of hydrogen-bond donors (Lipinski definition) is 1. The molecule has 2 aromatic heterocycles. The maximum Gasteiger partial charge on any atom is 0.263 e. The molecule has 0 aliphatic heterocycles. The quantitative estimate of drug-likeness (QED) is 0.595. The lowest BCUT2D eigenvalue weighted by atomic mass is 10.2. The van der Waals surface area contributed by atoms with Gasteiger partial charge in [-0.25, -0.2) is 4.98 Å². The van der Waals surface area contributed by atoms with Crippen LogP contribution < -0.4 is 10.9 Å². The number of thioether (sulfide) groups is 1. The highest BCUT2D eigenvalue weighted by molar-refractivity contribution is 7.99. The molecule has 2 aliphatic carbocycles. The number of nitrogens with one attached hydrogen (secondary N) is 1. The molecule has 1 fully saturated rings. The SMILES string of the molecule is CCCn1c(SCC(=O)NCC2CC2)nc2sc3c(c2c1=O)CCC3. The highest BCUT2D eigenvalue weighted by Crippen LogP contribution is 2.35. The predicted molar refractivity (Wildman–Crippen MR) is 103 cm³/mol. The van der Waals surface area contributed by atoms with E-state index < -0.39 is 0 Å². The van der Waals surface area contributed by atoms with E-state index in [4.69, 9.17) is 4.98 Å². The standard InChI is InChI=1S/C18H23N3O2S2/c1-2-8-21-17(23)15-12-4-3-5-13(12)25-16(15)20-18(21)24-10-14(22)19-9-11-6-7-11/h11H,2-10H2,1H3,(H,19,22). The summed E-state index contributed by atoms with van der Waals surface area (Å²) in [5.74, 6) is 1.03. The molecule has 1 saturated carbocycles. The van der Waals surface area contributed by atoms with E-state index in [9.17, 15) is 9.59 Å². The third-order valence-electron chi connectivity index (χ3n) is 4.85. The first-order chi connectivity index (χ1) is 12.2. The first-order valence-electron chi connectivity index (χ1n) is 9.12. The summed E-state index contributed by atoms with van der Waals surface area (Å²) in [5.41, 5.74) is 1.30. The highest BCUT2D eigenvalue weighted by atomic mass is 32.2. The largest absolute Gasteiger partial charge is 0.355 e.